The molecule has 1 saturated heterocycles. The first-order chi connectivity index (χ1) is 16.2. The van der Waals surface area contributed by atoms with Crippen LogP contribution < -0.4 is 14.8 Å². The molecule has 170 valence electrons. The number of carbonyl (C=O) groups is 1. The molecule has 2 heterocycles. The smallest absolute Gasteiger partial charge is 0.224 e. The van der Waals surface area contributed by atoms with E-state index in [1.807, 2.05) is 42.5 Å². The van der Waals surface area contributed by atoms with Gasteiger partial charge < -0.3 is 23.9 Å². The van der Waals surface area contributed by atoms with Gasteiger partial charge in [-0.05, 0) is 47.4 Å². The van der Waals surface area contributed by atoms with Crippen LogP contribution in [0.25, 0.3) is 21.7 Å². The van der Waals surface area contributed by atoms with Crippen LogP contribution in [0.3, 0.4) is 0 Å². The van der Waals surface area contributed by atoms with Crippen LogP contribution in [0, 0.1) is 0 Å². The van der Waals surface area contributed by atoms with Gasteiger partial charge in [0.2, 0.25) is 5.91 Å². The quantitative estimate of drug-likeness (QED) is 0.413. The van der Waals surface area contributed by atoms with E-state index in [2.05, 4.69) is 17.4 Å². The maximum atomic E-state index is 12.7. The molecule has 1 aliphatic rings. The summed E-state index contributed by atoms with van der Waals surface area (Å²) in [5.41, 5.74) is 2.61. The Labute approximate surface area is 192 Å². The summed E-state index contributed by atoms with van der Waals surface area (Å²) < 4.78 is 22.7. The minimum Gasteiger partial charge on any atom is -0.493 e. The standard InChI is InChI=1S/C27H27NO5/c1-30-25-13-18(8-10-23(25)33-17-21-6-4-12-31-21)15-28-26(29)14-20-16-32-24-11-9-19-5-2-3-7-22(19)27(20)24/h2-3,5,7-11,13,16,21H,4,6,12,14-15,17H2,1H3,(H,28,29). The van der Waals surface area contributed by atoms with Gasteiger partial charge in [-0.3, -0.25) is 4.79 Å². The molecule has 4 aromatic rings. The van der Waals surface area contributed by atoms with Gasteiger partial charge in [0.15, 0.2) is 11.5 Å². The van der Waals surface area contributed by atoms with E-state index in [4.69, 9.17) is 18.6 Å². The third kappa shape index (κ3) is 4.66. The van der Waals surface area contributed by atoms with Gasteiger partial charge in [0.1, 0.15) is 12.2 Å². The molecule has 1 fully saturated rings. The highest BCUT2D eigenvalue weighted by molar-refractivity contribution is 6.08. The second kappa shape index (κ2) is 9.55. The van der Waals surface area contributed by atoms with E-state index in [9.17, 15) is 4.79 Å². The van der Waals surface area contributed by atoms with Crippen molar-refractivity contribution >= 4 is 27.6 Å². The highest BCUT2D eigenvalue weighted by atomic mass is 16.5. The largest absolute Gasteiger partial charge is 0.493 e. The van der Waals surface area contributed by atoms with Gasteiger partial charge >= 0.3 is 0 Å². The van der Waals surface area contributed by atoms with Gasteiger partial charge in [-0.2, -0.15) is 0 Å². The number of ether oxygens (including phenoxy) is 3. The summed E-state index contributed by atoms with van der Waals surface area (Å²) >= 11 is 0. The predicted octanol–water partition coefficient (Wildman–Crippen LogP) is 5.01. The molecule has 0 aliphatic carbocycles. The molecule has 0 spiro atoms. The molecule has 1 unspecified atom stereocenters. The van der Waals surface area contributed by atoms with Crippen molar-refractivity contribution in [2.24, 2.45) is 0 Å². The van der Waals surface area contributed by atoms with Crippen molar-refractivity contribution in [2.45, 2.75) is 31.9 Å². The van der Waals surface area contributed by atoms with Crippen molar-refractivity contribution in [3.8, 4) is 11.5 Å². The fourth-order valence-electron chi connectivity index (χ4n) is 4.34. The zero-order valence-electron chi connectivity index (χ0n) is 18.6. The molecule has 6 heteroatoms. The van der Waals surface area contributed by atoms with Crippen molar-refractivity contribution in [3.63, 3.8) is 0 Å². The van der Waals surface area contributed by atoms with Gasteiger partial charge in [-0.1, -0.05) is 36.4 Å². The first kappa shape index (κ1) is 21.3. The van der Waals surface area contributed by atoms with Crippen molar-refractivity contribution < 1.29 is 23.4 Å². The highest BCUT2D eigenvalue weighted by Gasteiger charge is 2.17. The average molecular weight is 446 g/mol. The Morgan fingerprint density at radius 3 is 2.88 bits per heavy atom. The molecule has 3 aromatic carbocycles. The normalized spacial score (nSPS) is 15.7. The second-order valence-corrected chi connectivity index (χ2v) is 8.31. The lowest BCUT2D eigenvalue weighted by Crippen LogP contribution is -2.24. The van der Waals surface area contributed by atoms with Gasteiger partial charge in [-0.25, -0.2) is 0 Å². The second-order valence-electron chi connectivity index (χ2n) is 8.31. The number of furan rings is 1. The van der Waals surface area contributed by atoms with Crippen molar-refractivity contribution in [1.82, 2.24) is 5.32 Å². The summed E-state index contributed by atoms with van der Waals surface area (Å²) in [4.78, 5) is 12.7. The molecule has 0 saturated carbocycles. The maximum absolute atomic E-state index is 12.7. The maximum Gasteiger partial charge on any atom is 0.224 e. The van der Waals surface area contributed by atoms with Crippen molar-refractivity contribution in [2.75, 3.05) is 20.3 Å². The van der Waals surface area contributed by atoms with Crippen LogP contribution in [0.15, 0.2) is 65.3 Å². The first-order valence-electron chi connectivity index (χ1n) is 11.3. The summed E-state index contributed by atoms with van der Waals surface area (Å²) in [5, 5.41) is 6.22. The summed E-state index contributed by atoms with van der Waals surface area (Å²) in [6.45, 7) is 1.71. The fourth-order valence-corrected chi connectivity index (χ4v) is 4.34. The molecule has 0 bridgehead atoms. The number of amides is 1. The Balaban J connectivity index is 1.23. The third-order valence-electron chi connectivity index (χ3n) is 6.06. The van der Waals surface area contributed by atoms with E-state index in [1.54, 1.807) is 13.4 Å². The Morgan fingerprint density at radius 2 is 2.03 bits per heavy atom. The van der Waals surface area contributed by atoms with E-state index in [1.165, 1.54) is 0 Å². The van der Waals surface area contributed by atoms with Crippen molar-refractivity contribution in [1.29, 1.82) is 0 Å². The van der Waals surface area contributed by atoms with Crippen LogP contribution in [0.4, 0.5) is 0 Å². The number of carbonyl (C=O) groups excluding carboxylic acids is 1. The van der Waals surface area contributed by atoms with Crippen molar-refractivity contribution in [3.05, 3.63) is 72.0 Å². The zero-order valence-corrected chi connectivity index (χ0v) is 18.6. The zero-order chi connectivity index (χ0) is 22.6. The Hall–Kier alpha value is -3.51. The summed E-state index contributed by atoms with van der Waals surface area (Å²) in [7, 11) is 1.62. The lowest BCUT2D eigenvalue weighted by atomic mass is 10.0. The number of nitrogens with one attached hydrogen (secondary N) is 1. The minimum atomic E-state index is -0.0664. The molecule has 1 amide bonds. The highest BCUT2D eigenvalue weighted by Crippen LogP contribution is 2.31. The van der Waals surface area contributed by atoms with Gasteiger partial charge in [0.25, 0.3) is 0 Å². The number of hydrogen-bond acceptors (Lipinski definition) is 5. The number of fused-ring (bicyclic) bond motifs is 3. The van der Waals surface area contributed by atoms with Gasteiger partial charge in [-0.15, -0.1) is 0 Å². The topological polar surface area (TPSA) is 69.9 Å². The SMILES string of the molecule is COc1cc(CNC(=O)Cc2coc3ccc4ccccc4c23)ccc1OCC1CCCO1. The lowest BCUT2D eigenvalue weighted by Gasteiger charge is -2.15. The molecule has 1 atom stereocenters. The molecule has 1 aromatic heterocycles. The van der Waals surface area contributed by atoms with E-state index in [0.717, 1.165) is 52.3 Å². The predicted molar refractivity (Wildman–Crippen MR) is 127 cm³/mol. The average Bonchev–Trinajstić information content (AvgIpc) is 3.52. The first-order valence-corrected chi connectivity index (χ1v) is 11.3. The molecular weight excluding hydrogens is 418 g/mol. The summed E-state index contributed by atoms with van der Waals surface area (Å²) in [6, 6.07) is 17.8. The molecule has 1 aliphatic heterocycles. The van der Waals surface area contributed by atoms with Crippen LogP contribution in [0.5, 0.6) is 11.5 Å². The fraction of sp³-hybridized carbons (Fsp3) is 0.296. The van der Waals surface area contributed by atoms with Gasteiger partial charge in [0.05, 0.1) is 25.9 Å². The number of rotatable bonds is 8. The molecule has 6 nitrogen and oxygen atoms in total. The third-order valence-corrected chi connectivity index (χ3v) is 6.06. The van der Waals surface area contributed by atoms with E-state index >= 15 is 0 Å². The van der Waals surface area contributed by atoms with E-state index in [0.29, 0.717) is 24.7 Å². The monoisotopic (exact) mass is 445 g/mol. The van der Waals surface area contributed by atoms with E-state index < -0.39 is 0 Å². The molecule has 1 N–H and O–H groups in total. The van der Waals surface area contributed by atoms with Crippen LogP contribution in [-0.4, -0.2) is 32.3 Å². The number of hydrogen-bond donors (Lipinski definition) is 1. The minimum absolute atomic E-state index is 0.0664. The van der Waals surface area contributed by atoms with Crippen LogP contribution in [0.2, 0.25) is 0 Å². The van der Waals surface area contributed by atoms with Gasteiger partial charge in [0, 0.05) is 24.1 Å². The lowest BCUT2D eigenvalue weighted by molar-refractivity contribution is -0.120. The van der Waals surface area contributed by atoms with Crippen LogP contribution in [-0.2, 0) is 22.5 Å². The number of benzene rings is 3. The Morgan fingerprint density at radius 1 is 1.12 bits per heavy atom. The molecule has 0 radical (unpaired) electrons. The molecular formula is C27H27NO5. The summed E-state index contributed by atoms with van der Waals surface area (Å²) in [5.74, 6) is 1.26. The van der Waals surface area contributed by atoms with Crippen LogP contribution >= 0.6 is 0 Å². The Bertz CT molecular complexity index is 1270. The van der Waals surface area contributed by atoms with Crippen LogP contribution in [0.1, 0.15) is 24.0 Å². The molecule has 5 rings (SSSR count). The number of methoxy groups -OCH3 is 1. The molecule has 33 heavy (non-hydrogen) atoms. The van der Waals surface area contributed by atoms with E-state index in [-0.39, 0.29) is 18.4 Å². The Kier molecular flexibility index (Phi) is 6.17. The summed E-state index contributed by atoms with van der Waals surface area (Å²) in [6.07, 6.45) is 4.17.